The van der Waals surface area contributed by atoms with Crippen molar-refractivity contribution < 1.29 is 29.3 Å². The fourth-order valence-corrected chi connectivity index (χ4v) is 6.07. The van der Waals surface area contributed by atoms with Gasteiger partial charge >= 0.3 is 11.9 Å². The summed E-state index contributed by atoms with van der Waals surface area (Å²) < 4.78 is 10.5. The van der Waals surface area contributed by atoms with Gasteiger partial charge in [-0.3, -0.25) is 9.78 Å². The first-order valence-corrected chi connectivity index (χ1v) is 17.2. The number of rotatable bonds is 21. The quantitative estimate of drug-likeness (QED) is 0.107. The van der Waals surface area contributed by atoms with Crippen molar-refractivity contribution >= 4 is 11.9 Å². The number of aromatic nitrogens is 1. The number of carbonyl (C=O) groups is 2. The summed E-state index contributed by atoms with van der Waals surface area (Å²) in [5, 5.41) is 17.7. The van der Waals surface area contributed by atoms with Crippen LogP contribution >= 0.6 is 0 Å². The van der Waals surface area contributed by atoms with Gasteiger partial charge in [0.15, 0.2) is 0 Å². The van der Waals surface area contributed by atoms with Crippen LogP contribution in [0.4, 0.5) is 0 Å². The highest BCUT2D eigenvalue weighted by Gasteiger charge is 2.34. The smallest absolute Gasteiger partial charge is 0.339 e. The minimum Gasteiger partial charge on any atom is -0.459 e. The number of esters is 2. The molecule has 43 heavy (non-hydrogen) atoms. The van der Waals surface area contributed by atoms with E-state index in [0.717, 1.165) is 25.7 Å². The summed E-state index contributed by atoms with van der Waals surface area (Å²) >= 11 is 0. The Balaban J connectivity index is 0.000000450. The van der Waals surface area contributed by atoms with Crippen LogP contribution in [0.25, 0.3) is 0 Å². The van der Waals surface area contributed by atoms with Crippen molar-refractivity contribution in [3.8, 4) is 0 Å². The summed E-state index contributed by atoms with van der Waals surface area (Å²) in [5.74, 6) is 0.0428. The molecule has 1 saturated carbocycles. The molecule has 7 nitrogen and oxygen atoms in total. The number of hydrogen-bond donors (Lipinski definition) is 2. The van der Waals surface area contributed by atoms with Gasteiger partial charge in [0.2, 0.25) is 0 Å². The molecule has 0 aliphatic heterocycles. The lowest BCUT2D eigenvalue weighted by Gasteiger charge is -2.38. The van der Waals surface area contributed by atoms with Gasteiger partial charge in [0, 0.05) is 18.8 Å². The van der Waals surface area contributed by atoms with Gasteiger partial charge in [0.05, 0.1) is 18.8 Å². The topological polar surface area (TPSA) is 106 Å². The highest BCUT2D eigenvalue weighted by molar-refractivity contribution is 5.89. The molecule has 2 N–H and O–H groups in total. The molecule has 0 amide bonds. The standard InChI is InChI=1S/C21H42O4.C15H21NO2/c1-2-3-4-5-6-7-8-9-10-11-12-13-14-15-16-17-21(24)25-20(18-22)19-23;1-11-7-13(9-15(2,3)8-11)18-14(17)12-5-4-6-16-10-12/h20,22-23H,2-19H2,1H3;4-6,10-11,13H,7-9H2,1-3H3/t;11-,13-/m.1/s1. The monoisotopic (exact) mass is 605 g/mol. The number of aliphatic hydroxyl groups excluding tert-OH is 2. The van der Waals surface area contributed by atoms with E-state index in [-0.39, 0.29) is 36.7 Å². The Morgan fingerprint density at radius 2 is 1.42 bits per heavy atom. The minimum absolute atomic E-state index is 0.0384. The molecule has 2 atom stereocenters. The predicted molar refractivity (Wildman–Crippen MR) is 174 cm³/mol. The zero-order chi connectivity index (χ0) is 31.8. The number of aliphatic hydroxyl groups is 2. The Kier molecular flexibility index (Phi) is 22.1. The normalized spacial score (nSPS) is 17.7. The van der Waals surface area contributed by atoms with Crippen LogP contribution in [0.2, 0.25) is 0 Å². The first-order valence-electron chi connectivity index (χ1n) is 17.2. The van der Waals surface area contributed by atoms with Crippen LogP contribution in [0, 0.1) is 11.3 Å². The number of nitrogens with zero attached hydrogens (tertiary/aromatic N) is 1. The summed E-state index contributed by atoms with van der Waals surface area (Å²) in [6.45, 7) is 8.34. The maximum atomic E-state index is 12.0. The molecule has 1 aliphatic carbocycles. The van der Waals surface area contributed by atoms with Crippen LogP contribution in [0.15, 0.2) is 24.5 Å². The lowest BCUT2D eigenvalue weighted by Crippen LogP contribution is -2.34. The first kappa shape index (κ1) is 39.0. The van der Waals surface area contributed by atoms with Gasteiger partial charge in [-0.15, -0.1) is 0 Å². The van der Waals surface area contributed by atoms with Gasteiger partial charge < -0.3 is 19.7 Å². The lowest BCUT2D eigenvalue weighted by molar-refractivity contribution is -0.153. The van der Waals surface area contributed by atoms with Crippen LogP contribution in [0.5, 0.6) is 0 Å². The van der Waals surface area contributed by atoms with Crippen molar-refractivity contribution in [3.05, 3.63) is 30.1 Å². The Bertz CT molecular complexity index is 826. The van der Waals surface area contributed by atoms with Crippen LogP contribution < -0.4 is 0 Å². The first-order chi connectivity index (χ1) is 20.7. The highest BCUT2D eigenvalue weighted by Crippen LogP contribution is 2.39. The van der Waals surface area contributed by atoms with Crippen molar-refractivity contribution in [1.29, 1.82) is 0 Å². The van der Waals surface area contributed by atoms with E-state index in [4.69, 9.17) is 19.7 Å². The van der Waals surface area contributed by atoms with Crippen molar-refractivity contribution in [2.24, 2.45) is 11.3 Å². The van der Waals surface area contributed by atoms with E-state index in [1.54, 1.807) is 24.5 Å². The zero-order valence-corrected chi connectivity index (χ0v) is 27.9. The number of unbranched alkanes of at least 4 members (excludes halogenated alkanes) is 14. The molecule has 0 spiro atoms. The fraction of sp³-hybridized carbons (Fsp3) is 0.806. The Hall–Kier alpha value is -1.99. The molecule has 0 radical (unpaired) electrons. The maximum absolute atomic E-state index is 12.0. The molecule has 248 valence electrons. The molecule has 0 unspecified atom stereocenters. The van der Waals surface area contributed by atoms with E-state index in [1.807, 2.05) is 0 Å². The molecular formula is C36H63NO6. The van der Waals surface area contributed by atoms with E-state index < -0.39 is 6.10 Å². The van der Waals surface area contributed by atoms with E-state index in [0.29, 0.717) is 17.9 Å². The van der Waals surface area contributed by atoms with Gasteiger partial charge in [-0.05, 0) is 49.1 Å². The Labute approximate surface area is 262 Å². The molecule has 7 heteroatoms. The van der Waals surface area contributed by atoms with Crippen LogP contribution in [-0.4, -0.2) is 52.6 Å². The van der Waals surface area contributed by atoms with E-state index in [1.165, 1.54) is 89.9 Å². The molecule has 1 aromatic rings. The van der Waals surface area contributed by atoms with Crippen molar-refractivity contribution in [1.82, 2.24) is 4.98 Å². The number of carbonyl (C=O) groups excluding carboxylic acids is 2. The zero-order valence-electron chi connectivity index (χ0n) is 27.9. The summed E-state index contributed by atoms with van der Waals surface area (Å²) in [6.07, 6.45) is 25.5. The van der Waals surface area contributed by atoms with Crippen molar-refractivity contribution in [3.63, 3.8) is 0 Å². The molecule has 2 rings (SSSR count). The van der Waals surface area contributed by atoms with Crippen molar-refractivity contribution in [2.75, 3.05) is 13.2 Å². The van der Waals surface area contributed by atoms with Gasteiger partial charge in [-0.1, -0.05) is 118 Å². The number of hydrogen-bond acceptors (Lipinski definition) is 7. The molecule has 0 aromatic carbocycles. The van der Waals surface area contributed by atoms with Crippen molar-refractivity contribution in [2.45, 2.75) is 162 Å². The summed E-state index contributed by atoms with van der Waals surface area (Å²) in [7, 11) is 0. The third kappa shape index (κ3) is 20.6. The van der Waals surface area contributed by atoms with Crippen LogP contribution in [0.3, 0.4) is 0 Å². The van der Waals surface area contributed by atoms with Gasteiger partial charge in [-0.2, -0.15) is 0 Å². The fourth-order valence-electron chi connectivity index (χ4n) is 6.07. The van der Waals surface area contributed by atoms with Crippen LogP contribution in [-0.2, 0) is 14.3 Å². The maximum Gasteiger partial charge on any atom is 0.339 e. The third-order valence-electron chi connectivity index (χ3n) is 8.21. The van der Waals surface area contributed by atoms with Crippen LogP contribution in [0.1, 0.15) is 160 Å². The van der Waals surface area contributed by atoms with E-state index >= 15 is 0 Å². The Morgan fingerprint density at radius 1 is 0.884 bits per heavy atom. The SMILES string of the molecule is CCCCCCCCCCCCCCCCCC(=O)OC(CO)CO.C[C@@H]1C[C@@H](OC(=O)c2cccnc2)CC(C)(C)C1. The number of ether oxygens (including phenoxy) is 2. The summed E-state index contributed by atoms with van der Waals surface area (Å²) in [4.78, 5) is 27.4. The largest absolute Gasteiger partial charge is 0.459 e. The van der Waals surface area contributed by atoms with Gasteiger partial charge in [0.25, 0.3) is 0 Å². The minimum atomic E-state index is -0.760. The molecule has 0 saturated heterocycles. The van der Waals surface area contributed by atoms with Gasteiger partial charge in [0.1, 0.15) is 12.2 Å². The van der Waals surface area contributed by atoms with Gasteiger partial charge in [-0.25, -0.2) is 4.79 Å². The second-order valence-electron chi connectivity index (χ2n) is 13.4. The highest BCUT2D eigenvalue weighted by atomic mass is 16.6. The second-order valence-corrected chi connectivity index (χ2v) is 13.4. The molecule has 1 aliphatic rings. The summed E-state index contributed by atoms with van der Waals surface area (Å²) in [6, 6.07) is 3.50. The Morgan fingerprint density at radius 3 is 1.88 bits per heavy atom. The van der Waals surface area contributed by atoms with E-state index in [2.05, 4.69) is 32.7 Å². The molecule has 1 aromatic heterocycles. The molecule has 0 bridgehead atoms. The molecule has 1 heterocycles. The average Bonchev–Trinajstić information content (AvgIpc) is 2.97. The second kappa shape index (κ2) is 24.3. The number of pyridine rings is 1. The average molecular weight is 606 g/mol. The third-order valence-corrected chi connectivity index (χ3v) is 8.21. The molecular weight excluding hydrogens is 542 g/mol. The molecule has 1 fully saturated rings. The summed E-state index contributed by atoms with van der Waals surface area (Å²) in [5.41, 5.74) is 0.797. The predicted octanol–water partition coefficient (Wildman–Crippen LogP) is 8.60. The lowest BCUT2D eigenvalue weighted by atomic mass is 9.71. The van der Waals surface area contributed by atoms with E-state index in [9.17, 15) is 9.59 Å².